The molecule has 0 amide bonds. The van der Waals surface area contributed by atoms with Crippen LogP contribution in [0, 0.1) is 40.4 Å². The predicted molar refractivity (Wildman–Crippen MR) is 83.3 cm³/mol. The van der Waals surface area contributed by atoms with Gasteiger partial charge in [-0.05, 0) is 24.3 Å². The standard InChI is InChI=1S/C18H20N2O2/c1-3-17(13-22-14(2)21)18(10-16(11-19)12-20)9-15-7-5-4-6-8-15/h3-8,16-18H,1,9-10,13H2,2H3/t17-,18+/m1/s1. The summed E-state index contributed by atoms with van der Waals surface area (Å²) in [5.41, 5.74) is 1.12. The third-order valence-electron chi connectivity index (χ3n) is 3.58. The maximum Gasteiger partial charge on any atom is 0.302 e. The molecule has 114 valence electrons. The van der Waals surface area contributed by atoms with E-state index < -0.39 is 5.92 Å². The van der Waals surface area contributed by atoms with Crippen LogP contribution in [0.2, 0.25) is 0 Å². The molecule has 0 saturated carbocycles. The van der Waals surface area contributed by atoms with Gasteiger partial charge in [0.05, 0.1) is 18.7 Å². The van der Waals surface area contributed by atoms with Crippen molar-refractivity contribution < 1.29 is 9.53 Å². The summed E-state index contributed by atoms with van der Waals surface area (Å²) < 4.78 is 5.09. The maximum absolute atomic E-state index is 11.0. The first-order valence-electron chi connectivity index (χ1n) is 7.19. The van der Waals surface area contributed by atoms with Gasteiger partial charge in [-0.25, -0.2) is 0 Å². The van der Waals surface area contributed by atoms with Crippen LogP contribution in [0.1, 0.15) is 18.9 Å². The van der Waals surface area contributed by atoms with Crippen molar-refractivity contribution in [1.29, 1.82) is 10.5 Å². The van der Waals surface area contributed by atoms with Crippen molar-refractivity contribution in [3.8, 4) is 12.1 Å². The molecule has 0 saturated heterocycles. The number of benzene rings is 1. The van der Waals surface area contributed by atoms with Gasteiger partial charge in [0.15, 0.2) is 0 Å². The van der Waals surface area contributed by atoms with E-state index >= 15 is 0 Å². The Hall–Kier alpha value is -2.59. The lowest BCUT2D eigenvalue weighted by Crippen LogP contribution is -2.23. The minimum atomic E-state index is -0.673. The predicted octanol–water partition coefficient (Wildman–Crippen LogP) is 3.26. The average molecular weight is 296 g/mol. The fourth-order valence-electron chi connectivity index (χ4n) is 2.37. The number of ether oxygens (including phenoxy) is 1. The zero-order valence-corrected chi connectivity index (χ0v) is 12.7. The summed E-state index contributed by atoms with van der Waals surface area (Å²) in [6.45, 7) is 5.39. The number of nitriles is 2. The Balaban J connectivity index is 2.88. The van der Waals surface area contributed by atoms with Crippen molar-refractivity contribution in [1.82, 2.24) is 0 Å². The summed E-state index contributed by atoms with van der Waals surface area (Å²) in [5, 5.41) is 18.1. The molecular weight excluding hydrogens is 276 g/mol. The third-order valence-corrected chi connectivity index (χ3v) is 3.58. The first kappa shape index (κ1) is 17.5. The van der Waals surface area contributed by atoms with Crippen molar-refractivity contribution >= 4 is 5.97 Å². The molecule has 0 fully saturated rings. The van der Waals surface area contributed by atoms with Gasteiger partial charge < -0.3 is 4.74 Å². The van der Waals surface area contributed by atoms with E-state index in [9.17, 15) is 4.79 Å². The van der Waals surface area contributed by atoms with Gasteiger partial charge >= 0.3 is 5.97 Å². The molecule has 4 nitrogen and oxygen atoms in total. The molecule has 1 aromatic rings. The van der Waals surface area contributed by atoms with E-state index in [1.54, 1.807) is 6.08 Å². The first-order valence-corrected chi connectivity index (χ1v) is 7.19. The summed E-state index contributed by atoms with van der Waals surface area (Å²) in [7, 11) is 0. The van der Waals surface area contributed by atoms with Gasteiger partial charge in [-0.1, -0.05) is 36.4 Å². The van der Waals surface area contributed by atoms with Crippen molar-refractivity contribution in [3.63, 3.8) is 0 Å². The fourth-order valence-corrected chi connectivity index (χ4v) is 2.37. The molecule has 0 spiro atoms. The highest BCUT2D eigenvalue weighted by Crippen LogP contribution is 2.26. The number of nitrogens with zero attached hydrogens (tertiary/aromatic N) is 2. The third kappa shape index (κ3) is 5.81. The largest absolute Gasteiger partial charge is 0.465 e. The van der Waals surface area contributed by atoms with Crippen LogP contribution in [0.15, 0.2) is 43.0 Å². The molecule has 0 heterocycles. The van der Waals surface area contributed by atoms with E-state index in [1.807, 2.05) is 42.5 Å². The van der Waals surface area contributed by atoms with Crippen molar-refractivity contribution in [2.75, 3.05) is 6.61 Å². The lowest BCUT2D eigenvalue weighted by atomic mass is 9.81. The first-order chi connectivity index (χ1) is 10.6. The summed E-state index contributed by atoms with van der Waals surface area (Å²) in [6.07, 6.45) is 2.88. The van der Waals surface area contributed by atoms with Crippen molar-refractivity contribution in [3.05, 3.63) is 48.6 Å². The number of hydrogen-bond donors (Lipinski definition) is 0. The minimum Gasteiger partial charge on any atom is -0.465 e. The Morgan fingerprint density at radius 2 is 1.95 bits per heavy atom. The molecule has 0 aliphatic heterocycles. The monoisotopic (exact) mass is 296 g/mol. The number of rotatable bonds is 8. The average Bonchev–Trinajstić information content (AvgIpc) is 2.53. The molecule has 22 heavy (non-hydrogen) atoms. The molecular formula is C18H20N2O2. The quantitative estimate of drug-likeness (QED) is 0.545. The molecule has 1 aromatic carbocycles. The topological polar surface area (TPSA) is 73.9 Å². The number of hydrogen-bond acceptors (Lipinski definition) is 4. The fraction of sp³-hybridized carbons (Fsp3) is 0.389. The molecule has 4 heteroatoms. The summed E-state index contributed by atoms with van der Waals surface area (Å²) in [6, 6.07) is 13.9. The minimum absolute atomic E-state index is 0.0172. The SMILES string of the molecule is C=C[C@H](COC(C)=O)[C@@H](Cc1ccccc1)CC(C#N)C#N. The van der Waals surface area contributed by atoms with E-state index in [2.05, 4.69) is 6.58 Å². The van der Waals surface area contributed by atoms with Crippen LogP contribution < -0.4 is 0 Å². The van der Waals surface area contributed by atoms with Crippen molar-refractivity contribution in [2.45, 2.75) is 19.8 Å². The molecule has 1 rings (SSSR count). The van der Waals surface area contributed by atoms with Crippen LogP contribution in [-0.2, 0) is 16.0 Å². The normalized spacial score (nSPS) is 12.7. The number of esters is 1. The summed E-state index contributed by atoms with van der Waals surface area (Å²) in [4.78, 5) is 11.0. The molecule has 0 aromatic heterocycles. The zero-order chi connectivity index (χ0) is 16.4. The van der Waals surface area contributed by atoms with Gasteiger partial charge in [0, 0.05) is 12.8 Å². The van der Waals surface area contributed by atoms with Crippen LogP contribution in [0.4, 0.5) is 0 Å². The van der Waals surface area contributed by atoms with E-state index in [-0.39, 0.29) is 24.4 Å². The highest BCUT2D eigenvalue weighted by Gasteiger charge is 2.24. The van der Waals surface area contributed by atoms with Crippen LogP contribution in [0.5, 0.6) is 0 Å². The molecule has 0 unspecified atom stereocenters. The van der Waals surface area contributed by atoms with Crippen LogP contribution in [0.3, 0.4) is 0 Å². The Bertz CT molecular complexity index is 555. The number of carbonyl (C=O) groups is 1. The lowest BCUT2D eigenvalue weighted by Gasteiger charge is -2.24. The van der Waals surface area contributed by atoms with Crippen LogP contribution >= 0.6 is 0 Å². The second-order valence-corrected chi connectivity index (χ2v) is 5.20. The highest BCUT2D eigenvalue weighted by molar-refractivity contribution is 5.65. The Morgan fingerprint density at radius 1 is 1.32 bits per heavy atom. The Morgan fingerprint density at radius 3 is 2.45 bits per heavy atom. The van der Waals surface area contributed by atoms with Gasteiger partial charge in [-0.2, -0.15) is 10.5 Å². The Labute approximate surface area is 131 Å². The van der Waals surface area contributed by atoms with E-state index in [0.717, 1.165) is 5.56 Å². The van der Waals surface area contributed by atoms with Gasteiger partial charge in [0.2, 0.25) is 0 Å². The summed E-state index contributed by atoms with van der Waals surface area (Å²) >= 11 is 0. The second kappa shape index (κ2) is 9.37. The molecule has 0 radical (unpaired) electrons. The molecule has 0 aliphatic rings. The van der Waals surface area contributed by atoms with Crippen LogP contribution in [0.25, 0.3) is 0 Å². The molecule has 2 atom stereocenters. The van der Waals surface area contributed by atoms with Gasteiger partial charge in [-0.15, -0.1) is 6.58 Å². The number of carbonyl (C=O) groups excluding carboxylic acids is 1. The van der Waals surface area contributed by atoms with Gasteiger partial charge in [-0.3, -0.25) is 4.79 Å². The highest BCUT2D eigenvalue weighted by atomic mass is 16.5. The maximum atomic E-state index is 11.0. The molecule has 0 bridgehead atoms. The summed E-state index contributed by atoms with van der Waals surface area (Å²) in [5.74, 6) is -1.09. The van der Waals surface area contributed by atoms with Gasteiger partial charge in [0.1, 0.15) is 5.92 Å². The zero-order valence-electron chi connectivity index (χ0n) is 12.7. The van der Waals surface area contributed by atoms with Crippen molar-refractivity contribution in [2.24, 2.45) is 17.8 Å². The van der Waals surface area contributed by atoms with E-state index in [4.69, 9.17) is 15.3 Å². The van der Waals surface area contributed by atoms with Crippen LogP contribution in [-0.4, -0.2) is 12.6 Å². The lowest BCUT2D eigenvalue weighted by molar-refractivity contribution is -0.142. The van der Waals surface area contributed by atoms with E-state index in [0.29, 0.717) is 12.8 Å². The second-order valence-electron chi connectivity index (χ2n) is 5.20. The smallest absolute Gasteiger partial charge is 0.302 e. The Kier molecular flexibility index (Phi) is 7.43. The van der Waals surface area contributed by atoms with Gasteiger partial charge in [0.25, 0.3) is 0 Å². The van der Waals surface area contributed by atoms with E-state index in [1.165, 1.54) is 6.92 Å². The molecule has 0 N–H and O–H groups in total. The molecule has 0 aliphatic carbocycles.